The van der Waals surface area contributed by atoms with Crippen molar-refractivity contribution < 1.29 is 4.74 Å². The summed E-state index contributed by atoms with van der Waals surface area (Å²) < 4.78 is 5.74. The van der Waals surface area contributed by atoms with Gasteiger partial charge < -0.3 is 20.3 Å². The van der Waals surface area contributed by atoms with Crippen molar-refractivity contribution in [2.24, 2.45) is 4.99 Å². The predicted octanol–water partition coefficient (Wildman–Crippen LogP) is 1.77. The van der Waals surface area contributed by atoms with Gasteiger partial charge in [-0.3, -0.25) is 4.99 Å². The highest BCUT2D eigenvalue weighted by molar-refractivity contribution is 6.31. The quantitative estimate of drug-likeness (QED) is 0.613. The standard InChI is InChI=1S/C17H27ClN4O/c1-3-19-17(21-12-15-13-22(2)10-11-23-15)20-9-8-14-6-4-5-7-16(14)18/h4-7,15H,3,8-13H2,1-2H3,(H2,19,20,21). The van der Waals surface area contributed by atoms with E-state index >= 15 is 0 Å². The molecule has 0 radical (unpaired) electrons. The molecule has 0 spiro atoms. The van der Waals surface area contributed by atoms with E-state index in [1.807, 2.05) is 18.2 Å². The second kappa shape index (κ2) is 9.75. The summed E-state index contributed by atoms with van der Waals surface area (Å²) in [4.78, 5) is 6.91. The number of guanidine groups is 1. The molecular weight excluding hydrogens is 312 g/mol. The van der Waals surface area contributed by atoms with Crippen molar-refractivity contribution in [3.63, 3.8) is 0 Å². The molecule has 1 aromatic carbocycles. The fraction of sp³-hybridized carbons (Fsp3) is 0.588. The van der Waals surface area contributed by atoms with Crippen LogP contribution >= 0.6 is 11.6 Å². The minimum absolute atomic E-state index is 0.174. The lowest BCUT2D eigenvalue weighted by atomic mass is 10.1. The largest absolute Gasteiger partial charge is 0.374 e. The average molecular weight is 339 g/mol. The summed E-state index contributed by atoms with van der Waals surface area (Å²) in [5, 5.41) is 7.44. The molecule has 6 heteroatoms. The highest BCUT2D eigenvalue weighted by atomic mass is 35.5. The van der Waals surface area contributed by atoms with Gasteiger partial charge in [0.05, 0.1) is 19.3 Å². The van der Waals surface area contributed by atoms with Gasteiger partial charge >= 0.3 is 0 Å². The van der Waals surface area contributed by atoms with Gasteiger partial charge in [0, 0.05) is 31.2 Å². The summed E-state index contributed by atoms with van der Waals surface area (Å²) in [5.74, 6) is 0.830. The van der Waals surface area contributed by atoms with Crippen LogP contribution in [0.25, 0.3) is 0 Å². The van der Waals surface area contributed by atoms with Gasteiger partial charge in [-0.15, -0.1) is 0 Å². The minimum atomic E-state index is 0.174. The molecule has 128 valence electrons. The van der Waals surface area contributed by atoms with Crippen LogP contribution in [0.1, 0.15) is 12.5 Å². The van der Waals surface area contributed by atoms with Crippen LogP contribution in [0.5, 0.6) is 0 Å². The second-order valence-corrected chi connectivity index (χ2v) is 6.15. The van der Waals surface area contributed by atoms with E-state index in [4.69, 9.17) is 16.3 Å². The number of rotatable bonds is 6. The number of morpholine rings is 1. The number of hydrogen-bond acceptors (Lipinski definition) is 3. The summed E-state index contributed by atoms with van der Waals surface area (Å²) in [6.45, 7) is 7.08. The lowest BCUT2D eigenvalue weighted by Gasteiger charge is -2.29. The molecule has 1 aliphatic rings. The van der Waals surface area contributed by atoms with Gasteiger partial charge in [-0.05, 0) is 32.0 Å². The molecule has 1 saturated heterocycles. The molecule has 0 aromatic heterocycles. The van der Waals surface area contributed by atoms with Crippen LogP contribution in [0.4, 0.5) is 0 Å². The van der Waals surface area contributed by atoms with Crippen LogP contribution in [0, 0.1) is 0 Å². The van der Waals surface area contributed by atoms with E-state index in [1.54, 1.807) is 0 Å². The van der Waals surface area contributed by atoms with Crippen LogP contribution in [0.2, 0.25) is 5.02 Å². The van der Waals surface area contributed by atoms with Gasteiger partial charge in [0.1, 0.15) is 0 Å². The van der Waals surface area contributed by atoms with E-state index in [-0.39, 0.29) is 6.10 Å². The monoisotopic (exact) mass is 338 g/mol. The number of halogens is 1. The van der Waals surface area contributed by atoms with E-state index in [2.05, 4.69) is 40.6 Å². The smallest absolute Gasteiger partial charge is 0.191 e. The number of aliphatic imine (C=N–C) groups is 1. The maximum atomic E-state index is 6.18. The van der Waals surface area contributed by atoms with Gasteiger partial charge in [-0.1, -0.05) is 29.8 Å². The van der Waals surface area contributed by atoms with Crippen molar-refractivity contribution in [3.05, 3.63) is 34.9 Å². The lowest BCUT2D eigenvalue weighted by molar-refractivity contribution is -0.0136. The zero-order chi connectivity index (χ0) is 16.5. The second-order valence-electron chi connectivity index (χ2n) is 5.74. The van der Waals surface area contributed by atoms with Crippen LogP contribution < -0.4 is 10.6 Å². The molecule has 1 aliphatic heterocycles. The molecule has 2 rings (SSSR count). The molecule has 1 aromatic rings. The normalized spacial score (nSPS) is 19.6. The Bertz CT molecular complexity index is 509. The highest BCUT2D eigenvalue weighted by Crippen LogP contribution is 2.14. The minimum Gasteiger partial charge on any atom is -0.374 e. The van der Waals surface area contributed by atoms with Gasteiger partial charge in [-0.2, -0.15) is 0 Å². The van der Waals surface area contributed by atoms with E-state index in [0.29, 0.717) is 6.54 Å². The number of nitrogens with zero attached hydrogens (tertiary/aromatic N) is 2. The lowest BCUT2D eigenvalue weighted by Crippen LogP contribution is -2.43. The molecule has 1 heterocycles. The van der Waals surface area contributed by atoms with Crippen LogP contribution in [-0.2, 0) is 11.2 Å². The molecule has 1 fully saturated rings. The van der Waals surface area contributed by atoms with Gasteiger partial charge in [-0.25, -0.2) is 0 Å². The average Bonchev–Trinajstić information content (AvgIpc) is 2.54. The third kappa shape index (κ3) is 6.37. The third-order valence-corrected chi connectivity index (χ3v) is 4.15. The Morgan fingerprint density at radius 3 is 2.96 bits per heavy atom. The van der Waals surface area contributed by atoms with Gasteiger partial charge in [0.25, 0.3) is 0 Å². The molecule has 1 atom stereocenters. The number of hydrogen-bond donors (Lipinski definition) is 2. The molecule has 1 unspecified atom stereocenters. The zero-order valence-corrected chi connectivity index (χ0v) is 14.8. The zero-order valence-electron chi connectivity index (χ0n) is 14.0. The van der Waals surface area contributed by atoms with Crippen molar-refractivity contribution in [2.45, 2.75) is 19.4 Å². The van der Waals surface area contributed by atoms with Crippen molar-refractivity contribution in [1.29, 1.82) is 0 Å². The molecule has 0 aliphatic carbocycles. The number of ether oxygens (including phenoxy) is 1. The number of benzene rings is 1. The van der Waals surface area contributed by atoms with Crippen LogP contribution in [-0.4, -0.2) is 63.3 Å². The Kier molecular flexibility index (Phi) is 7.65. The van der Waals surface area contributed by atoms with E-state index in [1.165, 1.54) is 0 Å². The Labute approximate surface area is 144 Å². The molecule has 0 saturated carbocycles. The highest BCUT2D eigenvalue weighted by Gasteiger charge is 2.17. The first-order chi connectivity index (χ1) is 11.2. The van der Waals surface area contributed by atoms with Crippen molar-refractivity contribution in [1.82, 2.24) is 15.5 Å². The van der Waals surface area contributed by atoms with E-state index in [9.17, 15) is 0 Å². The molecule has 5 nitrogen and oxygen atoms in total. The summed E-state index contributed by atoms with van der Waals surface area (Å²) in [5.41, 5.74) is 1.15. The van der Waals surface area contributed by atoms with Gasteiger partial charge in [0.15, 0.2) is 5.96 Å². The van der Waals surface area contributed by atoms with Crippen molar-refractivity contribution in [3.8, 4) is 0 Å². The number of nitrogens with one attached hydrogen (secondary N) is 2. The maximum absolute atomic E-state index is 6.18. The van der Waals surface area contributed by atoms with Gasteiger partial charge in [0.2, 0.25) is 0 Å². The first-order valence-corrected chi connectivity index (χ1v) is 8.62. The maximum Gasteiger partial charge on any atom is 0.191 e. The predicted molar refractivity (Wildman–Crippen MR) is 96.4 cm³/mol. The fourth-order valence-corrected chi connectivity index (χ4v) is 2.76. The van der Waals surface area contributed by atoms with E-state index in [0.717, 1.165) is 55.8 Å². The Balaban J connectivity index is 1.80. The Hall–Kier alpha value is -1.30. The molecule has 23 heavy (non-hydrogen) atoms. The molecular formula is C17H27ClN4O. The summed E-state index contributed by atoms with van der Waals surface area (Å²) in [7, 11) is 2.12. The third-order valence-electron chi connectivity index (χ3n) is 3.78. The molecule has 0 amide bonds. The van der Waals surface area contributed by atoms with Crippen molar-refractivity contribution >= 4 is 17.6 Å². The summed E-state index contributed by atoms with van der Waals surface area (Å²) in [6, 6.07) is 7.94. The van der Waals surface area contributed by atoms with Crippen molar-refractivity contribution in [2.75, 3.05) is 46.4 Å². The molecule has 0 bridgehead atoms. The topological polar surface area (TPSA) is 48.9 Å². The fourth-order valence-electron chi connectivity index (χ4n) is 2.53. The van der Waals surface area contributed by atoms with Crippen LogP contribution in [0.15, 0.2) is 29.3 Å². The molecule has 2 N–H and O–H groups in total. The van der Waals surface area contributed by atoms with E-state index < -0.39 is 0 Å². The number of likely N-dealkylation sites (N-methyl/N-ethyl adjacent to an activating group) is 1. The summed E-state index contributed by atoms with van der Waals surface area (Å²) >= 11 is 6.18. The Morgan fingerprint density at radius 2 is 2.22 bits per heavy atom. The SMILES string of the molecule is CCNC(=NCC1CN(C)CCO1)NCCc1ccccc1Cl. The van der Waals surface area contributed by atoms with Crippen LogP contribution in [0.3, 0.4) is 0 Å². The first kappa shape index (κ1) is 18.0. The Morgan fingerprint density at radius 1 is 1.39 bits per heavy atom. The first-order valence-electron chi connectivity index (χ1n) is 8.24. The summed E-state index contributed by atoms with van der Waals surface area (Å²) in [6.07, 6.45) is 1.04.